The van der Waals surface area contributed by atoms with Crippen LogP contribution >= 0.6 is 0 Å². The number of hydrogen-bond acceptors (Lipinski definition) is 5. The lowest BCUT2D eigenvalue weighted by Gasteiger charge is -2.30. The Morgan fingerprint density at radius 3 is 1.96 bits per heavy atom. The smallest absolute Gasteiger partial charge is 0.326 e. The van der Waals surface area contributed by atoms with Crippen molar-refractivity contribution in [1.29, 1.82) is 0 Å². The van der Waals surface area contributed by atoms with Crippen molar-refractivity contribution in [3.05, 3.63) is 120 Å². The molecule has 0 spiro atoms. The third kappa shape index (κ3) is 9.44. The highest BCUT2D eigenvalue weighted by molar-refractivity contribution is 5.84. The molecular formula is C37H40N2O6. The van der Waals surface area contributed by atoms with Crippen LogP contribution in [-0.2, 0) is 16.0 Å². The van der Waals surface area contributed by atoms with E-state index in [1.165, 1.54) is 12.0 Å². The number of ether oxygens (including phenoxy) is 2. The second-order valence-corrected chi connectivity index (χ2v) is 11.3. The fraction of sp³-hybridized carbons (Fsp3) is 0.270. The van der Waals surface area contributed by atoms with E-state index < -0.39 is 29.9 Å². The van der Waals surface area contributed by atoms with Crippen LogP contribution in [0.4, 0.5) is 4.79 Å². The van der Waals surface area contributed by atoms with E-state index in [1.54, 1.807) is 24.3 Å². The van der Waals surface area contributed by atoms with Gasteiger partial charge in [-0.2, -0.15) is 0 Å². The molecule has 45 heavy (non-hydrogen) atoms. The second-order valence-electron chi connectivity index (χ2n) is 11.3. The topological polar surface area (TPSA) is 105 Å². The van der Waals surface area contributed by atoms with Gasteiger partial charge in [-0.1, -0.05) is 111 Å². The van der Waals surface area contributed by atoms with Crippen LogP contribution in [-0.4, -0.2) is 54.2 Å². The van der Waals surface area contributed by atoms with Crippen molar-refractivity contribution in [3.8, 4) is 22.6 Å². The van der Waals surface area contributed by atoms with E-state index in [9.17, 15) is 19.5 Å². The summed E-state index contributed by atoms with van der Waals surface area (Å²) in [5, 5.41) is 13.2. The Hall–Kier alpha value is -5.11. The van der Waals surface area contributed by atoms with Gasteiger partial charge in [0.1, 0.15) is 6.04 Å². The van der Waals surface area contributed by atoms with E-state index in [-0.39, 0.29) is 24.6 Å². The van der Waals surface area contributed by atoms with Gasteiger partial charge in [-0.3, -0.25) is 4.79 Å². The molecule has 0 bridgehead atoms. The largest absolute Gasteiger partial charge is 0.493 e. The first-order chi connectivity index (χ1) is 21.7. The third-order valence-electron chi connectivity index (χ3n) is 7.44. The van der Waals surface area contributed by atoms with Crippen LogP contribution < -0.4 is 14.8 Å². The zero-order valence-electron chi connectivity index (χ0n) is 25.9. The minimum absolute atomic E-state index is 0.0550. The number of carboxylic acid groups (broad SMARTS) is 1. The highest BCUT2D eigenvalue weighted by Crippen LogP contribution is 2.29. The molecule has 4 rings (SSSR count). The van der Waals surface area contributed by atoms with Crippen LogP contribution in [0.5, 0.6) is 11.5 Å². The molecule has 0 aliphatic rings. The van der Waals surface area contributed by atoms with Gasteiger partial charge in [-0.05, 0) is 46.7 Å². The number of amides is 2. The quantitative estimate of drug-likeness (QED) is 0.120. The Morgan fingerprint density at radius 1 is 0.778 bits per heavy atom. The van der Waals surface area contributed by atoms with Gasteiger partial charge in [0.2, 0.25) is 0 Å². The van der Waals surface area contributed by atoms with Gasteiger partial charge in [0.25, 0.3) is 0 Å². The van der Waals surface area contributed by atoms with Gasteiger partial charge in [0.05, 0.1) is 13.5 Å². The van der Waals surface area contributed by atoms with E-state index in [0.717, 1.165) is 22.3 Å². The summed E-state index contributed by atoms with van der Waals surface area (Å²) in [6, 6.07) is 32.4. The summed E-state index contributed by atoms with van der Waals surface area (Å²) >= 11 is 0. The summed E-state index contributed by atoms with van der Waals surface area (Å²) in [5.74, 6) is -1.44. The normalized spacial score (nSPS) is 12.2. The van der Waals surface area contributed by atoms with Crippen molar-refractivity contribution in [2.45, 2.75) is 38.6 Å². The number of methoxy groups -OCH3 is 1. The number of esters is 1. The van der Waals surface area contributed by atoms with Crippen molar-refractivity contribution in [1.82, 2.24) is 10.2 Å². The molecule has 1 unspecified atom stereocenters. The Morgan fingerprint density at radius 2 is 1.36 bits per heavy atom. The predicted octanol–water partition coefficient (Wildman–Crippen LogP) is 6.81. The minimum Gasteiger partial charge on any atom is -0.493 e. The standard InChI is InChI=1S/C37H40N2O6/c1-26(2)25-39(23-22-34(40)45-33-17-11-10-16-32(33)44-3)37(43)38-35(36(41)42)31(24-27-12-6-4-7-13-27)30-20-18-29(19-21-30)28-14-8-5-9-15-28/h4-21,26,31,35H,22-25H2,1-3H3,(H,38,43)(H,41,42)/t31?,35-/m0/s1. The number of aliphatic carboxylic acids is 1. The SMILES string of the molecule is COc1ccccc1OC(=O)CCN(CC(C)C)C(=O)N[C@H](C(=O)O)C(Cc1ccccc1)c1ccc(-c2ccccc2)cc1. The summed E-state index contributed by atoms with van der Waals surface area (Å²) in [6.07, 6.45) is 0.322. The summed E-state index contributed by atoms with van der Waals surface area (Å²) in [4.78, 5) is 40.6. The van der Waals surface area contributed by atoms with E-state index in [4.69, 9.17) is 9.47 Å². The van der Waals surface area contributed by atoms with Crippen LogP contribution in [0.1, 0.15) is 37.3 Å². The lowest BCUT2D eigenvalue weighted by atomic mass is 9.85. The number of benzene rings is 4. The number of carbonyl (C=O) groups is 3. The van der Waals surface area contributed by atoms with E-state index in [2.05, 4.69) is 5.32 Å². The number of nitrogens with zero attached hydrogens (tertiary/aromatic N) is 1. The Kier molecular flexibility index (Phi) is 11.7. The van der Waals surface area contributed by atoms with Gasteiger partial charge in [0.15, 0.2) is 11.5 Å². The third-order valence-corrected chi connectivity index (χ3v) is 7.44. The molecule has 2 N–H and O–H groups in total. The van der Waals surface area contributed by atoms with Crippen LogP contribution in [0.3, 0.4) is 0 Å². The van der Waals surface area contributed by atoms with Gasteiger partial charge in [0, 0.05) is 19.0 Å². The molecule has 8 heteroatoms. The molecule has 8 nitrogen and oxygen atoms in total. The number of rotatable bonds is 14. The van der Waals surface area contributed by atoms with Crippen molar-refractivity contribution >= 4 is 18.0 Å². The number of hydrogen-bond donors (Lipinski definition) is 2. The van der Waals surface area contributed by atoms with Crippen LogP contribution in [0, 0.1) is 5.92 Å². The molecule has 2 atom stereocenters. The van der Waals surface area contributed by atoms with Gasteiger partial charge in [-0.15, -0.1) is 0 Å². The van der Waals surface area contributed by atoms with Gasteiger partial charge in [-0.25, -0.2) is 9.59 Å². The molecular weight excluding hydrogens is 568 g/mol. The number of para-hydroxylation sites is 2. The zero-order valence-corrected chi connectivity index (χ0v) is 25.9. The first-order valence-electron chi connectivity index (χ1n) is 15.1. The summed E-state index contributed by atoms with van der Waals surface area (Å²) in [5.41, 5.74) is 3.81. The lowest BCUT2D eigenvalue weighted by Crippen LogP contribution is -2.52. The molecule has 0 radical (unpaired) electrons. The maximum atomic E-state index is 13.7. The summed E-state index contributed by atoms with van der Waals surface area (Å²) in [7, 11) is 1.49. The van der Waals surface area contributed by atoms with Gasteiger partial charge < -0.3 is 24.8 Å². The molecule has 234 valence electrons. The number of carboxylic acids is 1. The van der Waals surface area contributed by atoms with Crippen molar-refractivity contribution in [2.75, 3.05) is 20.2 Å². The molecule has 2 amide bonds. The molecule has 0 saturated carbocycles. The molecule has 0 aliphatic heterocycles. The first-order valence-corrected chi connectivity index (χ1v) is 15.1. The average molecular weight is 609 g/mol. The Labute approximate surface area is 264 Å². The monoisotopic (exact) mass is 608 g/mol. The minimum atomic E-state index is -1.23. The highest BCUT2D eigenvalue weighted by Gasteiger charge is 2.33. The maximum absolute atomic E-state index is 13.7. The first kappa shape index (κ1) is 32.8. The van der Waals surface area contributed by atoms with Crippen molar-refractivity contribution in [2.24, 2.45) is 5.92 Å². The van der Waals surface area contributed by atoms with E-state index in [0.29, 0.717) is 18.7 Å². The van der Waals surface area contributed by atoms with E-state index in [1.807, 2.05) is 98.8 Å². The Bertz CT molecular complexity index is 1540. The number of urea groups is 1. The predicted molar refractivity (Wildman–Crippen MR) is 174 cm³/mol. The van der Waals surface area contributed by atoms with Crippen LogP contribution in [0.15, 0.2) is 109 Å². The number of nitrogens with one attached hydrogen (secondary N) is 1. The second kappa shape index (κ2) is 16.1. The highest BCUT2D eigenvalue weighted by atomic mass is 16.6. The number of carbonyl (C=O) groups excluding carboxylic acids is 2. The zero-order chi connectivity index (χ0) is 32.2. The van der Waals surface area contributed by atoms with Crippen molar-refractivity contribution in [3.63, 3.8) is 0 Å². The van der Waals surface area contributed by atoms with E-state index >= 15 is 0 Å². The van der Waals surface area contributed by atoms with Gasteiger partial charge >= 0.3 is 18.0 Å². The average Bonchev–Trinajstić information content (AvgIpc) is 3.05. The van der Waals surface area contributed by atoms with Crippen LogP contribution in [0.2, 0.25) is 0 Å². The summed E-state index contributed by atoms with van der Waals surface area (Å²) in [6.45, 7) is 4.29. The maximum Gasteiger partial charge on any atom is 0.326 e. The lowest BCUT2D eigenvalue weighted by molar-refractivity contribution is -0.140. The fourth-order valence-electron chi connectivity index (χ4n) is 5.23. The molecule has 0 saturated heterocycles. The molecule has 0 aliphatic carbocycles. The molecule has 0 aromatic heterocycles. The molecule has 0 heterocycles. The van der Waals surface area contributed by atoms with Crippen LogP contribution in [0.25, 0.3) is 11.1 Å². The van der Waals surface area contributed by atoms with Crippen molar-refractivity contribution < 1.29 is 29.0 Å². The Balaban J connectivity index is 1.54. The molecule has 4 aromatic carbocycles. The molecule has 4 aromatic rings. The fourth-order valence-corrected chi connectivity index (χ4v) is 5.23. The molecule has 0 fully saturated rings. The summed E-state index contributed by atoms with van der Waals surface area (Å²) < 4.78 is 10.7.